The van der Waals surface area contributed by atoms with E-state index in [1.165, 1.54) is 5.56 Å². The Morgan fingerprint density at radius 3 is 2.46 bits per heavy atom. The highest BCUT2D eigenvalue weighted by Crippen LogP contribution is 2.25. The summed E-state index contributed by atoms with van der Waals surface area (Å²) >= 11 is 0. The lowest BCUT2D eigenvalue weighted by Crippen LogP contribution is -2.38. The topological polar surface area (TPSA) is 59.1 Å². The fraction of sp³-hybridized carbons (Fsp3) is 0.600. The van der Waals surface area contributed by atoms with Gasteiger partial charge in [0.2, 0.25) is 5.91 Å². The molecule has 1 aliphatic rings. The third-order valence-corrected chi connectivity index (χ3v) is 4.69. The van der Waals surface area contributed by atoms with Gasteiger partial charge in [0.25, 0.3) is 0 Å². The van der Waals surface area contributed by atoms with Crippen LogP contribution in [0.3, 0.4) is 0 Å². The number of rotatable bonds is 5. The molecule has 0 unspecified atom stereocenters. The Morgan fingerprint density at radius 2 is 1.81 bits per heavy atom. The first-order valence-corrected chi connectivity index (χ1v) is 9.32. The van der Waals surface area contributed by atoms with Crippen molar-refractivity contribution in [1.29, 1.82) is 0 Å². The summed E-state index contributed by atoms with van der Waals surface area (Å²) in [5.74, 6) is 1.23. The number of carbonyl (C=O) groups is 2. The van der Waals surface area contributed by atoms with Crippen LogP contribution >= 0.6 is 0 Å². The van der Waals surface area contributed by atoms with Gasteiger partial charge in [0.1, 0.15) is 5.75 Å². The summed E-state index contributed by atoms with van der Waals surface area (Å²) in [6.07, 6.45) is 0.766. The fourth-order valence-corrected chi connectivity index (χ4v) is 3.11. The standard InChI is InChI=1S/C20H30N2O4/c1-5-26-20(24)22-10-6-9-21(11-12-22)19(23)14-17-8-7-16(15(2)3)13-18(17)25-4/h7-8,13,15H,5-6,9-12,14H2,1-4H3. The summed E-state index contributed by atoms with van der Waals surface area (Å²) in [6.45, 7) is 8.74. The molecule has 2 rings (SSSR count). The van der Waals surface area contributed by atoms with Crippen LogP contribution in [-0.2, 0) is 16.0 Å². The van der Waals surface area contributed by atoms with E-state index in [9.17, 15) is 9.59 Å². The first-order valence-electron chi connectivity index (χ1n) is 9.32. The van der Waals surface area contributed by atoms with Crippen molar-refractivity contribution in [1.82, 2.24) is 9.80 Å². The van der Waals surface area contributed by atoms with Crippen LogP contribution in [0.5, 0.6) is 5.75 Å². The second-order valence-electron chi connectivity index (χ2n) is 6.82. The van der Waals surface area contributed by atoms with Crippen LogP contribution in [-0.4, -0.2) is 61.7 Å². The number of benzene rings is 1. The highest BCUT2D eigenvalue weighted by atomic mass is 16.6. The zero-order chi connectivity index (χ0) is 19.1. The normalized spacial score (nSPS) is 15.0. The van der Waals surface area contributed by atoms with Crippen molar-refractivity contribution < 1.29 is 19.1 Å². The molecule has 0 aliphatic carbocycles. The van der Waals surface area contributed by atoms with Gasteiger partial charge in [-0.15, -0.1) is 0 Å². The van der Waals surface area contributed by atoms with Crippen LogP contribution in [0.15, 0.2) is 18.2 Å². The van der Waals surface area contributed by atoms with Crippen LogP contribution < -0.4 is 4.74 Å². The third-order valence-electron chi connectivity index (χ3n) is 4.69. The first kappa shape index (κ1) is 20.1. The van der Waals surface area contributed by atoms with Gasteiger partial charge in [-0.25, -0.2) is 4.79 Å². The Hall–Kier alpha value is -2.24. The highest BCUT2D eigenvalue weighted by molar-refractivity contribution is 5.79. The Morgan fingerprint density at radius 1 is 1.12 bits per heavy atom. The quantitative estimate of drug-likeness (QED) is 0.808. The summed E-state index contributed by atoms with van der Waals surface area (Å²) in [5, 5.41) is 0. The summed E-state index contributed by atoms with van der Waals surface area (Å²) in [6, 6.07) is 6.05. The van der Waals surface area contributed by atoms with Gasteiger partial charge in [-0.2, -0.15) is 0 Å². The van der Waals surface area contributed by atoms with E-state index in [0.29, 0.717) is 45.1 Å². The van der Waals surface area contributed by atoms with Crippen LogP contribution in [0.1, 0.15) is 44.2 Å². The fourth-order valence-electron chi connectivity index (χ4n) is 3.11. The van der Waals surface area contributed by atoms with E-state index in [2.05, 4.69) is 19.9 Å². The lowest BCUT2D eigenvalue weighted by atomic mass is 9.99. The van der Waals surface area contributed by atoms with Crippen molar-refractivity contribution in [3.05, 3.63) is 29.3 Å². The van der Waals surface area contributed by atoms with Crippen molar-refractivity contribution in [3.8, 4) is 5.75 Å². The molecule has 2 amide bonds. The average Bonchev–Trinajstić information content (AvgIpc) is 2.88. The maximum absolute atomic E-state index is 12.7. The summed E-state index contributed by atoms with van der Waals surface area (Å²) in [5.41, 5.74) is 2.09. The van der Waals surface area contributed by atoms with Crippen molar-refractivity contribution in [2.75, 3.05) is 39.9 Å². The second kappa shape index (κ2) is 9.46. The Bertz CT molecular complexity index is 630. The van der Waals surface area contributed by atoms with Crippen LogP contribution in [0, 0.1) is 0 Å². The zero-order valence-electron chi connectivity index (χ0n) is 16.3. The second-order valence-corrected chi connectivity index (χ2v) is 6.82. The molecule has 1 saturated heterocycles. The molecule has 0 aromatic heterocycles. The summed E-state index contributed by atoms with van der Waals surface area (Å²) < 4.78 is 10.5. The minimum Gasteiger partial charge on any atom is -0.496 e. The largest absolute Gasteiger partial charge is 0.496 e. The predicted molar refractivity (Wildman–Crippen MR) is 101 cm³/mol. The molecular formula is C20H30N2O4. The van der Waals surface area contributed by atoms with Gasteiger partial charge in [-0.3, -0.25) is 4.79 Å². The van der Waals surface area contributed by atoms with Gasteiger partial charge in [-0.05, 0) is 30.9 Å². The molecule has 0 atom stereocenters. The molecule has 1 heterocycles. The van der Waals surface area contributed by atoms with Crippen molar-refractivity contribution in [2.45, 2.75) is 39.5 Å². The number of methoxy groups -OCH3 is 1. The van der Waals surface area contributed by atoms with E-state index in [0.717, 1.165) is 17.7 Å². The molecule has 0 radical (unpaired) electrons. The van der Waals surface area contributed by atoms with E-state index in [1.54, 1.807) is 18.9 Å². The van der Waals surface area contributed by atoms with Crippen LogP contribution in [0.25, 0.3) is 0 Å². The number of hydrogen-bond donors (Lipinski definition) is 0. The predicted octanol–water partition coefficient (Wildman–Crippen LogP) is 3.05. The van der Waals surface area contributed by atoms with Crippen LogP contribution in [0.4, 0.5) is 4.79 Å². The molecule has 6 heteroatoms. The maximum atomic E-state index is 12.7. The third kappa shape index (κ3) is 5.13. The molecule has 0 saturated carbocycles. The van der Waals surface area contributed by atoms with Gasteiger partial charge >= 0.3 is 6.09 Å². The molecule has 0 N–H and O–H groups in total. The van der Waals surface area contributed by atoms with Crippen molar-refractivity contribution >= 4 is 12.0 Å². The van der Waals surface area contributed by atoms with E-state index in [1.807, 2.05) is 17.0 Å². The number of nitrogens with zero attached hydrogens (tertiary/aromatic N) is 2. The first-order chi connectivity index (χ1) is 12.5. The number of amides is 2. The molecule has 144 valence electrons. The minimum absolute atomic E-state index is 0.0614. The Balaban J connectivity index is 2.00. The number of carbonyl (C=O) groups excluding carboxylic acids is 2. The van der Waals surface area contributed by atoms with Crippen molar-refractivity contribution in [3.63, 3.8) is 0 Å². The number of hydrogen-bond acceptors (Lipinski definition) is 4. The minimum atomic E-state index is -0.298. The lowest BCUT2D eigenvalue weighted by molar-refractivity contribution is -0.130. The monoisotopic (exact) mass is 362 g/mol. The van der Waals surface area contributed by atoms with Gasteiger partial charge in [0, 0.05) is 31.7 Å². The average molecular weight is 362 g/mol. The van der Waals surface area contributed by atoms with E-state index in [-0.39, 0.29) is 12.0 Å². The SMILES string of the molecule is CCOC(=O)N1CCCN(C(=O)Cc2ccc(C(C)C)cc2OC)CC1. The van der Waals surface area contributed by atoms with Gasteiger partial charge < -0.3 is 19.3 Å². The smallest absolute Gasteiger partial charge is 0.409 e. The Labute approximate surface area is 156 Å². The molecule has 1 aromatic carbocycles. The Kier molecular flexibility index (Phi) is 7.30. The molecule has 1 aromatic rings. The molecule has 1 fully saturated rings. The van der Waals surface area contributed by atoms with E-state index >= 15 is 0 Å². The molecular weight excluding hydrogens is 332 g/mol. The molecule has 26 heavy (non-hydrogen) atoms. The molecule has 0 bridgehead atoms. The molecule has 1 aliphatic heterocycles. The van der Waals surface area contributed by atoms with Gasteiger partial charge in [-0.1, -0.05) is 26.0 Å². The van der Waals surface area contributed by atoms with Crippen molar-refractivity contribution in [2.24, 2.45) is 0 Å². The van der Waals surface area contributed by atoms with Gasteiger partial charge in [0.15, 0.2) is 0 Å². The van der Waals surface area contributed by atoms with E-state index in [4.69, 9.17) is 9.47 Å². The summed E-state index contributed by atoms with van der Waals surface area (Å²) in [7, 11) is 1.64. The number of ether oxygens (including phenoxy) is 2. The van der Waals surface area contributed by atoms with Crippen LogP contribution in [0.2, 0.25) is 0 Å². The highest BCUT2D eigenvalue weighted by Gasteiger charge is 2.23. The zero-order valence-corrected chi connectivity index (χ0v) is 16.3. The molecule has 0 spiro atoms. The molecule has 6 nitrogen and oxygen atoms in total. The van der Waals surface area contributed by atoms with Gasteiger partial charge in [0.05, 0.1) is 20.1 Å². The summed E-state index contributed by atoms with van der Waals surface area (Å²) in [4.78, 5) is 28.1. The van der Waals surface area contributed by atoms with E-state index < -0.39 is 0 Å². The lowest BCUT2D eigenvalue weighted by Gasteiger charge is -2.22. The maximum Gasteiger partial charge on any atom is 0.409 e.